The van der Waals surface area contributed by atoms with Crippen molar-refractivity contribution < 1.29 is 8.60 Å². The van der Waals surface area contributed by atoms with Crippen molar-refractivity contribution in [2.45, 2.75) is 37.5 Å². The summed E-state index contributed by atoms with van der Waals surface area (Å²) in [5.41, 5.74) is 7.32. The Morgan fingerprint density at radius 1 is 1.38 bits per heavy atom. The third kappa shape index (κ3) is 3.44. The maximum Gasteiger partial charge on any atom is 0.126 e. The van der Waals surface area contributed by atoms with Crippen LogP contribution in [0.5, 0.6) is 0 Å². The Labute approximate surface area is 130 Å². The Kier molecular flexibility index (Phi) is 5.00. The molecule has 0 amide bonds. The molecule has 0 bridgehead atoms. The standard InChI is InChI=1S/C14H17ClFN3OS/c1-3-12-14(15)13(19(4-2)18-12)8-21(20)11-6-9(16)5-10(17)7-11/h5-7H,3-4,8,17H2,1-2H3. The fourth-order valence-electron chi connectivity index (χ4n) is 2.08. The van der Waals surface area contributed by atoms with E-state index < -0.39 is 16.6 Å². The van der Waals surface area contributed by atoms with Gasteiger partial charge in [-0.15, -0.1) is 0 Å². The summed E-state index contributed by atoms with van der Waals surface area (Å²) in [6.07, 6.45) is 0.707. The van der Waals surface area contributed by atoms with E-state index in [0.29, 0.717) is 28.6 Å². The van der Waals surface area contributed by atoms with Crippen molar-refractivity contribution in [2.75, 3.05) is 5.73 Å². The van der Waals surface area contributed by atoms with Crippen molar-refractivity contribution in [1.29, 1.82) is 0 Å². The molecule has 21 heavy (non-hydrogen) atoms. The minimum atomic E-state index is -1.43. The average Bonchev–Trinajstić information content (AvgIpc) is 2.74. The predicted molar refractivity (Wildman–Crippen MR) is 83.2 cm³/mol. The lowest BCUT2D eigenvalue weighted by Gasteiger charge is -2.07. The van der Waals surface area contributed by atoms with Crippen molar-refractivity contribution >= 4 is 28.1 Å². The van der Waals surface area contributed by atoms with Crippen LogP contribution >= 0.6 is 11.6 Å². The molecule has 2 rings (SSSR count). The lowest BCUT2D eigenvalue weighted by atomic mass is 10.3. The molecule has 0 radical (unpaired) electrons. The number of benzene rings is 1. The largest absolute Gasteiger partial charge is 0.399 e. The number of nitrogens with zero attached hydrogens (tertiary/aromatic N) is 2. The Bertz CT molecular complexity index is 667. The minimum absolute atomic E-state index is 0.183. The number of aromatic nitrogens is 2. The van der Waals surface area contributed by atoms with E-state index >= 15 is 0 Å². The molecule has 1 heterocycles. The van der Waals surface area contributed by atoms with Gasteiger partial charge in [0.15, 0.2) is 0 Å². The van der Waals surface area contributed by atoms with Crippen LogP contribution in [0.2, 0.25) is 5.02 Å². The molecule has 1 aromatic carbocycles. The Balaban J connectivity index is 2.33. The third-order valence-corrected chi connectivity index (χ3v) is 4.85. The molecule has 1 atom stereocenters. The van der Waals surface area contributed by atoms with Crippen LogP contribution < -0.4 is 5.73 Å². The highest BCUT2D eigenvalue weighted by Crippen LogP contribution is 2.25. The average molecular weight is 330 g/mol. The summed E-state index contributed by atoms with van der Waals surface area (Å²) in [5.74, 6) is -0.314. The van der Waals surface area contributed by atoms with Crippen LogP contribution in [0.4, 0.5) is 10.1 Å². The number of rotatable bonds is 5. The molecule has 1 aromatic heterocycles. The second-order valence-corrected chi connectivity index (χ2v) is 6.42. The van der Waals surface area contributed by atoms with Gasteiger partial charge in [0.2, 0.25) is 0 Å². The van der Waals surface area contributed by atoms with Crippen LogP contribution in [-0.2, 0) is 29.5 Å². The van der Waals surface area contributed by atoms with Crippen molar-refractivity contribution in [3.63, 3.8) is 0 Å². The highest BCUT2D eigenvalue weighted by molar-refractivity contribution is 7.84. The van der Waals surface area contributed by atoms with Gasteiger partial charge in [-0.3, -0.25) is 8.89 Å². The number of hydrogen-bond acceptors (Lipinski definition) is 3. The maximum absolute atomic E-state index is 13.4. The zero-order valence-electron chi connectivity index (χ0n) is 11.9. The molecule has 2 N–H and O–H groups in total. The first-order valence-corrected chi connectivity index (χ1v) is 8.34. The lowest BCUT2D eigenvalue weighted by molar-refractivity contribution is 0.619. The van der Waals surface area contributed by atoms with Gasteiger partial charge < -0.3 is 5.73 Å². The second kappa shape index (κ2) is 6.58. The molecule has 1 unspecified atom stereocenters. The zero-order valence-corrected chi connectivity index (χ0v) is 13.5. The molecule has 0 saturated heterocycles. The molecular weight excluding hydrogens is 313 g/mol. The predicted octanol–water partition coefficient (Wildman–Crippen LogP) is 3.15. The van der Waals surface area contributed by atoms with E-state index in [1.807, 2.05) is 13.8 Å². The summed E-state index contributed by atoms with van der Waals surface area (Å²) in [4.78, 5) is 0.352. The summed E-state index contributed by atoms with van der Waals surface area (Å²) in [7, 11) is -1.43. The lowest BCUT2D eigenvalue weighted by Crippen LogP contribution is -2.07. The first-order chi connectivity index (χ1) is 9.96. The molecule has 2 aromatic rings. The molecule has 7 heteroatoms. The Morgan fingerprint density at radius 3 is 2.67 bits per heavy atom. The van der Waals surface area contributed by atoms with Gasteiger partial charge in [-0.1, -0.05) is 18.5 Å². The molecule has 0 saturated carbocycles. The van der Waals surface area contributed by atoms with Crippen LogP contribution in [0.1, 0.15) is 25.2 Å². The fourth-order valence-corrected chi connectivity index (χ4v) is 3.71. The smallest absolute Gasteiger partial charge is 0.126 e. The second-order valence-electron chi connectivity index (χ2n) is 4.59. The topological polar surface area (TPSA) is 60.9 Å². The molecule has 0 spiro atoms. The SMILES string of the molecule is CCc1nn(CC)c(CS(=O)c2cc(N)cc(F)c2)c1Cl. The van der Waals surface area contributed by atoms with Crippen LogP contribution in [0.3, 0.4) is 0 Å². The van der Waals surface area contributed by atoms with Gasteiger partial charge in [-0.05, 0) is 31.5 Å². The zero-order chi connectivity index (χ0) is 15.6. The van der Waals surface area contributed by atoms with Crippen LogP contribution in [-0.4, -0.2) is 14.0 Å². The van der Waals surface area contributed by atoms with Gasteiger partial charge in [0.25, 0.3) is 0 Å². The van der Waals surface area contributed by atoms with E-state index in [1.165, 1.54) is 18.2 Å². The van der Waals surface area contributed by atoms with Crippen LogP contribution in [0, 0.1) is 5.82 Å². The molecular formula is C14H17ClFN3OS. The van der Waals surface area contributed by atoms with Gasteiger partial charge in [0.1, 0.15) is 5.82 Å². The van der Waals surface area contributed by atoms with Crippen LogP contribution in [0.25, 0.3) is 0 Å². The van der Waals surface area contributed by atoms with E-state index in [0.717, 1.165) is 5.69 Å². The van der Waals surface area contributed by atoms with Gasteiger partial charge in [-0.2, -0.15) is 5.10 Å². The number of aryl methyl sites for hydroxylation is 2. The summed E-state index contributed by atoms with van der Waals surface area (Å²) in [6, 6.07) is 3.94. The molecule has 0 aliphatic heterocycles. The highest BCUT2D eigenvalue weighted by atomic mass is 35.5. The highest BCUT2D eigenvalue weighted by Gasteiger charge is 2.18. The first-order valence-electron chi connectivity index (χ1n) is 6.64. The van der Waals surface area contributed by atoms with Crippen molar-refractivity contribution in [1.82, 2.24) is 9.78 Å². The molecule has 0 fully saturated rings. The molecule has 0 aliphatic rings. The summed E-state index contributed by atoms with van der Waals surface area (Å²) in [6.45, 7) is 4.54. The number of hydrogen-bond donors (Lipinski definition) is 1. The fraction of sp³-hybridized carbons (Fsp3) is 0.357. The molecule has 0 aliphatic carbocycles. The Hall–Kier alpha value is -1.40. The van der Waals surface area contributed by atoms with E-state index in [4.69, 9.17) is 17.3 Å². The quantitative estimate of drug-likeness (QED) is 0.857. The number of nitrogen functional groups attached to an aromatic ring is 1. The van der Waals surface area contributed by atoms with Gasteiger partial charge in [0.05, 0.1) is 33.0 Å². The van der Waals surface area contributed by atoms with Gasteiger partial charge in [-0.25, -0.2) is 4.39 Å². The molecule has 114 valence electrons. The van der Waals surface area contributed by atoms with E-state index in [2.05, 4.69) is 5.10 Å². The van der Waals surface area contributed by atoms with Gasteiger partial charge in [0, 0.05) is 17.1 Å². The minimum Gasteiger partial charge on any atom is -0.399 e. The number of nitrogens with two attached hydrogens (primary N) is 1. The summed E-state index contributed by atoms with van der Waals surface area (Å²) in [5, 5.41) is 4.92. The third-order valence-electron chi connectivity index (χ3n) is 3.12. The first kappa shape index (κ1) is 16.0. The van der Waals surface area contributed by atoms with Crippen LogP contribution in [0.15, 0.2) is 23.1 Å². The van der Waals surface area contributed by atoms with Crippen molar-refractivity contribution in [3.8, 4) is 0 Å². The number of halogens is 2. The maximum atomic E-state index is 13.4. The van der Waals surface area contributed by atoms with E-state index in [9.17, 15) is 8.60 Å². The summed E-state index contributed by atoms with van der Waals surface area (Å²) >= 11 is 6.29. The van der Waals surface area contributed by atoms with Gasteiger partial charge >= 0.3 is 0 Å². The van der Waals surface area contributed by atoms with E-state index in [-0.39, 0.29) is 11.4 Å². The van der Waals surface area contributed by atoms with Crippen molar-refractivity contribution in [3.05, 3.63) is 40.4 Å². The monoisotopic (exact) mass is 329 g/mol. The normalized spacial score (nSPS) is 12.6. The number of anilines is 1. The van der Waals surface area contributed by atoms with Crippen molar-refractivity contribution in [2.24, 2.45) is 0 Å². The van der Waals surface area contributed by atoms with E-state index in [1.54, 1.807) is 4.68 Å². The summed E-state index contributed by atoms with van der Waals surface area (Å²) < 4.78 is 27.5. The molecule has 4 nitrogen and oxygen atoms in total. The Morgan fingerprint density at radius 2 is 2.10 bits per heavy atom.